The Labute approximate surface area is 123 Å². The van der Waals surface area contributed by atoms with Crippen LogP contribution >= 0.6 is 11.8 Å². The number of aliphatic hydroxyl groups is 1. The Hall–Kier alpha value is -1.33. The van der Waals surface area contributed by atoms with E-state index in [4.69, 9.17) is 5.11 Å². The van der Waals surface area contributed by atoms with E-state index in [-0.39, 0.29) is 23.5 Å². The fraction of sp³-hybridized carbons (Fsp3) is 0.467. The molecule has 20 heavy (non-hydrogen) atoms. The second-order valence-electron chi connectivity index (χ2n) is 4.79. The van der Waals surface area contributed by atoms with Crippen molar-refractivity contribution < 1.29 is 14.7 Å². The van der Waals surface area contributed by atoms with Crippen LogP contribution in [0.5, 0.6) is 0 Å². The molecular weight excluding hydrogens is 274 g/mol. The molecule has 0 saturated carbocycles. The first-order valence-corrected chi connectivity index (χ1v) is 7.72. The van der Waals surface area contributed by atoms with Crippen molar-refractivity contribution in [2.24, 2.45) is 0 Å². The third-order valence-corrected chi connectivity index (χ3v) is 4.49. The summed E-state index contributed by atoms with van der Waals surface area (Å²) in [7, 11) is 0. The van der Waals surface area contributed by atoms with Gasteiger partial charge < -0.3 is 10.0 Å². The maximum atomic E-state index is 12.2. The van der Waals surface area contributed by atoms with Crippen LogP contribution in [0.2, 0.25) is 0 Å². The Kier molecular flexibility index (Phi) is 4.83. The highest BCUT2D eigenvalue weighted by Gasteiger charge is 2.30. The zero-order valence-electron chi connectivity index (χ0n) is 11.8. The molecule has 1 amide bonds. The lowest BCUT2D eigenvalue weighted by Crippen LogP contribution is -2.40. The standard InChI is InChI=1S/C15H19NO3S/c1-3-13(18)11-5-6-12-14(9-11)20-10(2)15(19)16(12)7-4-8-17/h5-6,9-10,17H,3-4,7-8H2,1-2H3. The monoisotopic (exact) mass is 293 g/mol. The summed E-state index contributed by atoms with van der Waals surface area (Å²) in [5.74, 6) is 0.172. The van der Waals surface area contributed by atoms with E-state index in [1.54, 1.807) is 11.0 Å². The van der Waals surface area contributed by atoms with Crippen molar-refractivity contribution in [2.75, 3.05) is 18.1 Å². The summed E-state index contributed by atoms with van der Waals surface area (Å²) in [6, 6.07) is 5.49. The zero-order chi connectivity index (χ0) is 14.7. The number of benzene rings is 1. The number of anilines is 1. The van der Waals surface area contributed by atoms with Crippen LogP contribution in [0.4, 0.5) is 5.69 Å². The molecule has 0 fully saturated rings. The van der Waals surface area contributed by atoms with Crippen LogP contribution in [-0.2, 0) is 4.79 Å². The molecule has 0 spiro atoms. The predicted molar refractivity (Wildman–Crippen MR) is 80.4 cm³/mol. The number of Topliss-reactive ketones (excluding diaryl/α,β-unsaturated/α-hetero) is 1. The lowest BCUT2D eigenvalue weighted by atomic mass is 10.1. The highest BCUT2D eigenvalue weighted by Crippen LogP contribution is 2.39. The molecule has 4 nitrogen and oxygen atoms in total. The van der Waals surface area contributed by atoms with Crippen molar-refractivity contribution in [3.8, 4) is 0 Å². The van der Waals surface area contributed by atoms with Crippen LogP contribution in [-0.4, -0.2) is 35.2 Å². The minimum Gasteiger partial charge on any atom is -0.396 e. The number of hydrogen-bond donors (Lipinski definition) is 1. The molecule has 1 unspecified atom stereocenters. The van der Waals surface area contributed by atoms with E-state index in [9.17, 15) is 9.59 Å². The fourth-order valence-corrected chi connectivity index (χ4v) is 3.35. The van der Waals surface area contributed by atoms with Crippen LogP contribution in [0.1, 0.15) is 37.0 Å². The zero-order valence-corrected chi connectivity index (χ0v) is 12.6. The highest BCUT2D eigenvalue weighted by molar-refractivity contribution is 8.01. The summed E-state index contributed by atoms with van der Waals surface area (Å²) < 4.78 is 0. The average Bonchev–Trinajstić information content (AvgIpc) is 2.46. The van der Waals surface area contributed by atoms with Gasteiger partial charge in [0.1, 0.15) is 0 Å². The van der Waals surface area contributed by atoms with Gasteiger partial charge >= 0.3 is 0 Å². The maximum Gasteiger partial charge on any atom is 0.240 e. The molecule has 0 aromatic heterocycles. The van der Waals surface area contributed by atoms with Crippen LogP contribution in [0.15, 0.2) is 23.1 Å². The second-order valence-corrected chi connectivity index (χ2v) is 6.17. The molecule has 1 aliphatic heterocycles. The molecule has 108 valence electrons. The van der Waals surface area contributed by atoms with E-state index < -0.39 is 0 Å². The summed E-state index contributed by atoms with van der Waals surface area (Å²) in [6.45, 7) is 4.28. The molecule has 1 N–H and O–H groups in total. The van der Waals surface area contributed by atoms with E-state index in [1.807, 2.05) is 26.0 Å². The van der Waals surface area contributed by atoms with E-state index in [0.717, 1.165) is 10.6 Å². The third-order valence-electron chi connectivity index (χ3n) is 3.35. The molecule has 0 saturated heterocycles. The quantitative estimate of drug-likeness (QED) is 0.847. The Morgan fingerprint density at radius 1 is 1.45 bits per heavy atom. The van der Waals surface area contributed by atoms with E-state index >= 15 is 0 Å². The smallest absolute Gasteiger partial charge is 0.240 e. The number of thioether (sulfide) groups is 1. The van der Waals surface area contributed by atoms with Crippen LogP contribution in [0, 0.1) is 0 Å². The fourth-order valence-electron chi connectivity index (χ4n) is 2.25. The normalized spacial score (nSPS) is 18.1. The number of fused-ring (bicyclic) bond motifs is 1. The minimum absolute atomic E-state index is 0.0607. The molecule has 5 heteroatoms. The van der Waals surface area contributed by atoms with Gasteiger partial charge in [-0.25, -0.2) is 0 Å². The Morgan fingerprint density at radius 3 is 2.85 bits per heavy atom. The number of hydrogen-bond acceptors (Lipinski definition) is 4. The van der Waals surface area contributed by atoms with Crippen molar-refractivity contribution in [1.82, 2.24) is 0 Å². The lowest BCUT2D eigenvalue weighted by Gasteiger charge is -2.32. The van der Waals surface area contributed by atoms with Crippen molar-refractivity contribution in [3.63, 3.8) is 0 Å². The molecule has 0 bridgehead atoms. The van der Waals surface area contributed by atoms with Gasteiger partial charge in [-0.2, -0.15) is 0 Å². The summed E-state index contributed by atoms with van der Waals surface area (Å²) >= 11 is 1.49. The molecule has 0 aliphatic carbocycles. The van der Waals surface area contributed by atoms with Crippen molar-refractivity contribution in [1.29, 1.82) is 0 Å². The number of rotatable bonds is 5. The van der Waals surface area contributed by atoms with Crippen molar-refractivity contribution in [3.05, 3.63) is 23.8 Å². The van der Waals surface area contributed by atoms with Crippen LogP contribution < -0.4 is 4.90 Å². The van der Waals surface area contributed by atoms with Gasteiger partial charge in [-0.05, 0) is 31.5 Å². The van der Waals surface area contributed by atoms with E-state index in [1.165, 1.54) is 11.8 Å². The van der Waals surface area contributed by atoms with Gasteiger partial charge in [-0.1, -0.05) is 6.92 Å². The van der Waals surface area contributed by atoms with Crippen LogP contribution in [0.3, 0.4) is 0 Å². The maximum absolute atomic E-state index is 12.2. The number of nitrogens with zero attached hydrogens (tertiary/aromatic N) is 1. The lowest BCUT2D eigenvalue weighted by molar-refractivity contribution is -0.118. The van der Waals surface area contributed by atoms with Gasteiger partial charge in [-0.3, -0.25) is 9.59 Å². The third kappa shape index (κ3) is 2.88. The summed E-state index contributed by atoms with van der Waals surface area (Å²) in [5, 5.41) is 8.80. The largest absolute Gasteiger partial charge is 0.396 e. The number of amides is 1. The van der Waals surface area contributed by atoms with Crippen LogP contribution in [0.25, 0.3) is 0 Å². The highest BCUT2D eigenvalue weighted by atomic mass is 32.2. The molecular formula is C15H19NO3S. The van der Waals surface area contributed by atoms with Gasteiger partial charge in [0.15, 0.2) is 5.78 Å². The Balaban J connectivity index is 2.36. The molecule has 1 heterocycles. The molecule has 2 rings (SSSR count). The summed E-state index contributed by atoms with van der Waals surface area (Å²) in [5.41, 5.74) is 1.54. The van der Waals surface area contributed by atoms with Gasteiger partial charge in [0, 0.05) is 30.0 Å². The second kappa shape index (κ2) is 6.41. The minimum atomic E-state index is -0.159. The first-order valence-electron chi connectivity index (χ1n) is 6.84. The van der Waals surface area contributed by atoms with Crippen molar-refractivity contribution in [2.45, 2.75) is 36.8 Å². The van der Waals surface area contributed by atoms with Gasteiger partial charge in [0.05, 0.1) is 10.9 Å². The number of carbonyl (C=O) groups is 2. The number of ketones is 1. The first kappa shape index (κ1) is 15.1. The van der Waals surface area contributed by atoms with E-state index in [2.05, 4.69) is 0 Å². The predicted octanol–water partition coefficient (Wildman–Crippen LogP) is 2.49. The summed E-state index contributed by atoms with van der Waals surface area (Å²) in [4.78, 5) is 26.7. The average molecular weight is 293 g/mol. The van der Waals surface area contributed by atoms with Gasteiger partial charge in [0.25, 0.3) is 0 Å². The first-order chi connectivity index (χ1) is 9.58. The van der Waals surface area contributed by atoms with Gasteiger partial charge in [0.2, 0.25) is 5.91 Å². The SMILES string of the molecule is CCC(=O)c1ccc2c(c1)SC(C)C(=O)N2CCCO. The number of carbonyl (C=O) groups excluding carboxylic acids is 2. The van der Waals surface area contributed by atoms with Crippen molar-refractivity contribution >= 4 is 29.1 Å². The molecule has 1 aliphatic rings. The Morgan fingerprint density at radius 2 is 2.20 bits per heavy atom. The molecule has 1 atom stereocenters. The summed E-state index contributed by atoms with van der Waals surface area (Å²) in [6.07, 6.45) is 1.03. The van der Waals surface area contributed by atoms with E-state index in [0.29, 0.717) is 24.9 Å². The van der Waals surface area contributed by atoms with Gasteiger partial charge in [-0.15, -0.1) is 11.8 Å². The Bertz CT molecular complexity index is 530. The number of aliphatic hydroxyl groups excluding tert-OH is 1. The molecule has 0 radical (unpaired) electrons. The topological polar surface area (TPSA) is 57.6 Å². The molecule has 1 aromatic carbocycles. The molecule has 1 aromatic rings.